The molecule has 1 heterocycles. The van der Waals surface area contributed by atoms with Crippen LogP contribution in [0.15, 0.2) is 42.5 Å². The first-order valence-electron chi connectivity index (χ1n) is 6.06. The van der Waals surface area contributed by atoms with Crippen LogP contribution in [0.1, 0.15) is 5.56 Å². The number of tetrazole rings is 1. The van der Waals surface area contributed by atoms with Crippen molar-refractivity contribution in [2.75, 3.05) is 5.73 Å². The number of nitrogens with two attached hydrogens (primary N) is 1. The van der Waals surface area contributed by atoms with Gasteiger partial charge in [-0.2, -0.15) is 4.68 Å². The molecule has 100 valence electrons. The summed E-state index contributed by atoms with van der Waals surface area (Å²) in [5, 5.41) is 12.3. The zero-order valence-electron chi connectivity index (χ0n) is 10.8. The molecule has 20 heavy (non-hydrogen) atoms. The number of halogens is 1. The molecule has 3 aromatic rings. The van der Waals surface area contributed by atoms with Gasteiger partial charge in [0, 0.05) is 5.56 Å². The Labute approximate surface area is 121 Å². The molecule has 0 aliphatic heterocycles. The predicted octanol–water partition coefficient (Wildman–Crippen LogP) is 2.87. The van der Waals surface area contributed by atoms with E-state index < -0.39 is 0 Å². The summed E-state index contributed by atoms with van der Waals surface area (Å²) < 4.78 is 1.67. The molecule has 5 nitrogen and oxygen atoms in total. The number of anilines is 1. The number of aromatic nitrogens is 4. The number of nitrogen functional groups attached to an aromatic ring is 1. The summed E-state index contributed by atoms with van der Waals surface area (Å²) >= 11 is 5.93. The Kier molecular flexibility index (Phi) is 3.12. The van der Waals surface area contributed by atoms with Gasteiger partial charge in [0.1, 0.15) is 0 Å². The van der Waals surface area contributed by atoms with E-state index in [-0.39, 0.29) is 0 Å². The summed E-state index contributed by atoms with van der Waals surface area (Å²) in [4.78, 5) is 0. The van der Waals surface area contributed by atoms with Crippen LogP contribution in [0.25, 0.3) is 17.1 Å². The van der Waals surface area contributed by atoms with Gasteiger partial charge < -0.3 is 5.73 Å². The number of nitrogens with zero attached hydrogens (tertiary/aromatic N) is 4. The fourth-order valence-electron chi connectivity index (χ4n) is 1.91. The van der Waals surface area contributed by atoms with Crippen LogP contribution in [-0.2, 0) is 0 Å². The zero-order chi connectivity index (χ0) is 14.1. The molecule has 0 aliphatic carbocycles. The monoisotopic (exact) mass is 285 g/mol. The van der Waals surface area contributed by atoms with Crippen molar-refractivity contribution in [3.8, 4) is 17.1 Å². The van der Waals surface area contributed by atoms with Crippen LogP contribution in [0.2, 0.25) is 5.02 Å². The second-order valence-corrected chi connectivity index (χ2v) is 4.89. The molecule has 0 radical (unpaired) electrons. The van der Waals surface area contributed by atoms with Crippen LogP contribution >= 0.6 is 11.6 Å². The molecule has 3 rings (SSSR count). The van der Waals surface area contributed by atoms with Crippen molar-refractivity contribution in [3.63, 3.8) is 0 Å². The average molecular weight is 286 g/mol. The van der Waals surface area contributed by atoms with E-state index in [1.165, 1.54) is 5.56 Å². The van der Waals surface area contributed by atoms with Gasteiger partial charge >= 0.3 is 0 Å². The summed E-state index contributed by atoms with van der Waals surface area (Å²) in [6.45, 7) is 2.03. The van der Waals surface area contributed by atoms with Crippen molar-refractivity contribution in [2.45, 2.75) is 6.92 Å². The second kappa shape index (κ2) is 4.94. The smallest absolute Gasteiger partial charge is 0.187 e. The number of rotatable bonds is 2. The van der Waals surface area contributed by atoms with Gasteiger partial charge in [-0.3, -0.25) is 0 Å². The number of hydrogen-bond acceptors (Lipinski definition) is 4. The minimum absolute atomic E-state index is 0.502. The molecular weight excluding hydrogens is 274 g/mol. The van der Waals surface area contributed by atoms with Crippen molar-refractivity contribution >= 4 is 17.3 Å². The largest absolute Gasteiger partial charge is 0.398 e. The Balaban J connectivity index is 2.10. The fraction of sp³-hybridized carbons (Fsp3) is 0.0714. The van der Waals surface area contributed by atoms with Crippen LogP contribution in [0.5, 0.6) is 0 Å². The van der Waals surface area contributed by atoms with Gasteiger partial charge in [-0.05, 0) is 47.7 Å². The van der Waals surface area contributed by atoms with E-state index in [1.54, 1.807) is 16.8 Å². The maximum absolute atomic E-state index is 5.93. The lowest BCUT2D eigenvalue weighted by atomic mass is 10.2. The molecule has 1 aromatic heterocycles. The molecule has 0 fully saturated rings. The Morgan fingerprint density at radius 1 is 1.10 bits per heavy atom. The third-order valence-electron chi connectivity index (χ3n) is 3.00. The highest BCUT2D eigenvalue weighted by molar-refractivity contribution is 6.33. The molecule has 0 amide bonds. The number of aryl methyl sites for hydroxylation is 1. The van der Waals surface area contributed by atoms with Gasteiger partial charge in [0.25, 0.3) is 0 Å². The van der Waals surface area contributed by atoms with Crippen molar-refractivity contribution in [1.82, 2.24) is 20.2 Å². The summed E-state index contributed by atoms with van der Waals surface area (Å²) in [7, 11) is 0. The molecule has 0 atom stereocenters. The Morgan fingerprint density at radius 2 is 1.85 bits per heavy atom. The van der Waals surface area contributed by atoms with Crippen LogP contribution in [-0.4, -0.2) is 20.2 Å². The Hall–Kier alpha value is -2.40. The van der Waals surface area contributed by atoms with E-state index in [4.69, 9.17) is 17.3 Å². The summed E-state index contributed by atoms with van der Waals surface area (Å²) in [6.07, 6.45) is 0. The normalized spacial score (nSPS) is 10.7. The predicted molar refractivity (Wildman–Crippen MR) is 78.7 cm³/mol. The molecule has 6 heteroatoms. The quantitative estimate of drug-likeness (QED) is 0.735. The summed E-state index contributed by atoms with van der Waals surface area (Å²) in [5.41, 5.74) is 9.22. The van der Waals surface area contributed by atoms with Crippen molar-refractivity contribution in [1.29, 1.82) is 0 Å². The van der Waals surface area contributed by atoms with Crippen molar-refractivity contribution in [2.24, 2.45) is 0 Å². The molecular formula is C14H12ClN5. The SMILES string of the molecule is Cc1ccc(-n2nnnc2-c2ccc(Cl)c(N)c2)cc1. The molecule has 0 bridgehead atoms. The topological polar surface area (TPSA) is 69.6 Å². The molecule has 0 saturated heterocycles. The minimum atomic E-state index is 0.502. The lowest BCUT2D eigenvalue weighted by Crippen LogP contribution is -2.00. The first-order chi connectivity index (χ1) is 9.65. The maximum atomic E-state index is 5.93. The van der Waals surface area contributed by atoms with Crippen molar-refractivity contribution in [3.05, 3.63) is 53.1 Å². The van der Waals surface area contributed by atoms with E-state index in [0.29, 0.717) is 16.5 Å². The first kappa shape index (κ1) is 12.6. The van der Waals surface area contributed by atoms with Gasteiger partial charge in [-0.25, -0.2) is 0 Å². The van der Waals surface area contributed by atoms with Crippen LogP contribution < -0.4 is 5.73 Å². The minimum Gasteiger partial charge on any atom is -0.398 e. The molecule has 0 unspecified atom stereocenters. The van der Waals surface area contributed by atoms with Crippen molar-refractivity contribution < 1.29 is 0 Å². The lowest BCUT2D eigenvalue weighted by molar-refractivity contribution is 0.791. The van der Waals surface area contributed by atoms with Gasteiger partial charge in [-0.15, -0.1) is 5.10 Å². The standard InChI is InChI=1S/C14H12ClN5/c1-9-2-5-11(6-3-9)20-14(17-18-19-20)10-4-7-12(15)13(16)8-10/h2-8H,16H2,1H3. The highest BCUT2D eigenvalue weighted by atomic mass is 35.5. The van der Waals surface area contributed by atoms with Gasteiger partial charge in [0.15, 0.2) is 5.82 Å². The third-order valence-corrected chi connectivity index (χ3v) is 3.35. The second-order valence-electron chi connectivity index (χ2n) is 4.49. The third kappa shape index (κ3) is 2.23. The first-order valence-corrected chi connectivity index (χ1v) is 6.44. The summed E-state index contributed by atoms with van der Waals surface area (Å²) in [6, 6.07) is 13.3. The van der Waals surface area contributed by atoms with E-state index in [9.17, 15) is 0 Å². The van der Waals surface area contributed by atoms with Crippen LogP contribution in [0.3, 0.4) is 0 Å². The summed E-state index contributed by atoms with van der Waals surface area (Å²) in [5.74, 6) is 0.622. The van der Waals surface area contributed by atoms with E-state index in [0.717, 1.165) is 11.3 Å². The van der Waals surface area contributed by atoms with E-state index in [2.05, 4.69) is 15.5 Å². The Bertz CT molecular complexity index is 749. The fourth-order valence-corrected chi connectivity index (χ4v) is 2.03. The lowest BCUT2D eigenvalue weighted by Gasteiger charge is -2.06. The van der Waals surface area contributed by atoms with Gasteiger partial charge in [-0.1, -0.05) is 29.3 Å². The van der Waals surface area contributed by atoms with E-state index >= 15 is 0 Å². The molecule has 0 saturated carbocycles. The van der Waals surface area contributed by atoms with Gasteiger partial charge in [0.05, 0.1) is 16.4 Å². The van der Waals surface area contributed by atoms with Crippen LogP contribution in [0, 0.1) is 6.92 Å². The number of benzene rings is 2. The van der Waals surface area contributed by atoms with Gasteiger partial charge in [0.2, 0.25) is 0 Å². The average Bonchev–Trinajstić information content (AvgIpc) is 2.92. The highest BCUT2D eigenvalue weighted by Gasteiger charge is 2.11. The maximum Gasteiger partial charge on any atom is 0.187 e. The molecule has 2 N–H and O–H groups in total. The number of hydrogen-bond donors (Lipinski definition) is 1. The van der Waals surface area contributed by atoms with Crippen LogP contribution in [0.4, 0.5) is 5.69 Å². The Morgan fingerprint density at radius 3 is 2.55 bits per heavy atom. The highest BCUT2D eigenvalue weighted by Crippen LogP contribution is 2.26. The zero-order valence-corrected chi connectivity index (χ0v) is 11.5. The molecule has 0 spiro atoms. The molecule has 0 aliphatic rings. The molecule has 2 aromatic carbocycles. The van der Waals surface area contributed by atoms with E-state index in [1.807, 2.05) is 37.3 Å².